The van der Waals surface area contributed by atoms with E-state index in [1.165, 1.54) is 31.4 Å². The Morgan fingerprint density at radius 3 is 2.33 bits per heavy atom. The predicted octanol–water partition coefficient (Wildman–Crippen LogP) is 2.70. The quantitative estimate of drug-likeness (QED) is 0.620. The Labute approximate surface area is 75.4 Å². The molecule has 1 fully saturated rings. The molecule has 0 unspecified atom stereocenters. The second kappa shape index (κ2) is 4.08. The Hall–Kier alpha value is -0.313. The van der Waals surface area contributed by atoms with Crippen LogP contribution in [-0.2, 0) is 9.22 Å². The summed E-state index contributed by atoms with van der Waals surface area (Å²) in [6.07, 6.45) is 3.87. The summed E-state index contributed by atoms with van der Waals surface area (Å²) >= 11 is 0. The second-order valence-corrected chi connectivity index (χ2v) is 7.97. The molecule has 1 aliphatic heterocycles. The van der Waals surface area contributed by atoms with E-state index in [9.17, 15) is 4.79 Å². The van der Waals surface area contributed by atoms with Crippen molar-refractivity contribution < 1.29 is 9.22 Å². The van der Waals surface area contributed by atoms with E-state index >= 15 is 0 Å². The molecule has 1 saturated heterocycles. The minimum absolute atomic E-state index is 0.0644. The maximum atomic E-state index is 10.9. The Morgan fingerprint density at radius 1 is 1.33 bits per heavy atom. The molecule has 0 N–H and O–H groups in total. The minimum atomic E-state index is -1.57. The zero-order chi connectivity index (χ0) is 9.03. The van der Waals surface area contributed by atoms with Gasteiger partial charge in [-0.25, -0.2) is 0 Å². The topological polar surface area (TPSA) is 26.3 Å². The summed E-state index contributed by atoms with van der Waals surface area (Å²) in [6, 6.07) is 3.50. The van der Waals surface area contributed by atoms with Gasteiger partial charge in [0.2, 0.25) is 0 Å². The molecular formula is C9H18O2Si. The maximum absolute atomic E-state index is 10.9. The van der Waals surface area contributed by atoms with E-state index in [1.807, 2.05) is 0 Å². The molecule has 0 saturated carbocycles. The van der Waals surface area contributed by atoms with Crippen LogP contribution in [-0.4, -0.2) is 14.3 Å². The van der Waals surface area contributed by atoms with Crippen molar-refractivity contribution in [2.45, 2.75) is 51.2 Å². The summed E-state index contributed by atoms with van der Waals surface area (Å²) < 4.78 is 5.53. The lowest BCUT2D eigenvalue weighted by molar-refractivity contribution is -0.132. The van der Waals surface area contributed by atoms with Gasteiger partial charge in [0.1, 0.15) is 0 Å². The zero-order valence-electron chi connectivity index (χ0n) is 8.06. The fourth-order valence-electron chi connectivity index (χ4n) is 2.03. The van der Waals surface area contributed by atoms with Gasteiger partial charge in [-0.1, -0.05) is 26.2 Å². The summed E-state index contributed by atoms with van der Waals surface area (Å²) in [4.78, 5) is 10.9. The highest BCUT2D eigenvalue weighted by Gasteiger charge is 2.37. The SMILES string of the molecule is CC[Si]1(OC(C)=O)CCCCC1. The fraction of sp³-hybridized carbons (Fsp3) is 0.889. The molecule has 0 atom stereocenters. The van der Waals surface area contributed by atoms with Gasteiger partial charge in [0.05, 0.1) is 0 Å². The number of carbonyl (C=O) groups is 1. The van der Waals surface area contributed by atoms with Crippen LogP contribution >= 0.6 is 0 Å². The van der Waals surface area contributed by atoms with Gasteiger partial charge in [0.15, 0.2) is 0 Å². The van der Waals surface area contributed by atoms with Gasteiger partial charge < -0.3 is 4.43 Å². The molecule has 2 nitrogen and oxygen atoms in total. The molecule has 0 aromatic rings. The molecule has 0 aliphatic carbocycles. The van der Waals surface area contributed by atoms with Crippen molar-refractivity contribution >= 4 is 14.3 Å². The van der Waals surface area contributed by atoms with Crippen molar-refractivity contribution in [2.24, 2.45) is 0 Å². The van der Waals surface area contributed by atoms with Crippen LogP contribution in [0.3, 0.4) is 0 Å². The van der Waals surface area contributed by atoms with Gasteiger partial charge in [0.25, 0.3) is 14.3 Å². The minimum Gasteiger partial charge on any atom is -0.519 e. The highest BCUT2D eigenvalue weighted by atomic mass is 28.4. The lowest BCUT2D eigenvalue weighted by Crippen LogP contribution is -2.40. The summed E-state index contributed by atoms with van der Waals surface area (Å²) in [5.41, 5.74) is 0. The maximum Gasteiger partial charge on any atom is 0.289 e. The summed E-state index contributed by atoms with van der Waals surface area (Å²) in [7, 11) is -1.57. The molecule has 1 heterocycles. The molecular weight excluding hydrogens is 168 g/mol. The average Bonchev–Trinajstić information content (AvgIpc) is 2.05. The molecule has 0 spiro atoms. The third-order valence-corrected chi connectivity index (χ3v) is 7.31. The molecule has 70 valence electrons. The largest absolute Gasteiger partial charge is 0.519 e. The Morgan fingerprint density at radius 2 is 1.92 bits per heavy atom. The van der Waals surface area contributed by atoms with Crippen LogP contribution in [0.2, 0.25) is 18.1 Å². The first-order valence-electron chi connectivity index (χ1n) is 4.88. The van der Waals surface area contributed by atoms with E-state index in [1.54, 1.807) is 6.92 Å². The molecule has 0 aromatic heterocycles. The molecule has 12 heavy (non-hydrogen) atoms. The van der Waals surface area contributed by atoms with E-state index in [4.69, 9.17) is 4.43 Å². The number of hydrogen-bond acceptors (Lipinski definition) is 2. The molecule has 1 rings (SSSR count). The normalized spacial score (nSPS) is 21.8. The third-order valence-electron chi connectivity index (χ3n) is 2.77. The van der Waals surface area contributed by atoms with Crippen LogP contribution in [0.25, 0.3) is 0 Å². The summed E-state index contributed by atoms with van der Waals surface area (Å²) in [5, 5.41) is 0. The van der Waals surface area contributed by atoms with E-state index in [-0.39, 0.29) is 5.97 Å². The monoisotopic (exact) mass is 186 g/mol. The molecule has 0 bridgehead atoms. The van der Waals surface area contributed by atoms with Gasteiger partial charge in [-0.3, -0.25) is 4.79 Å². The Bertz CT molecular complexity index is 162. The number of carbonyl (C=O) groups excluding carboxylic acids is 1. The van der Waals surface area contributed by atoms with Crippen molar-refractivity contribution in [1.82, 2.24) is 0 Å². The number of rotatable bonds is 2. The second-order valence-electron chi connectivity index (χ2n) is 3.69. The van der Waals surface area contributed by atoms with Gasteiger partial charge in [0, 0.05) is 6.92 Å². The predicted molar refractivity (Wildman–Crippen MR) is 51.5 cm³/mol. The molecule has 0 radical (unpaired) electrons. The summed E-state index contributed by atoms with van der Waals surface area (Å²) in [5.74, 6) is -0.0644. The first-order chi connectivity index (χ1) is 5.68. The smallest absolute Gasteiger partial charge is 0.289 e. The molecule has 1 aliphatic rings. The van der Waals surface area contributed by atoms with Crippen molar-refractivity contribution in [3.05, 3.63) is 0 Å². The van der Waals surface area contributed by atoms with Gasteiger partial charge >= 0.3 is 0 Å². The standard InChI is InChI=1S/C9H18O2Si/c1-3-12(11-9(2)10)7-5-4-6-8-12/h3-8H2,1-2H3. The van der Waals surface area contributed by atoms with Gasteiger partial charge in [-0.15, -0.1) is 0 Å². The average molecular weight is 186 g/mol. The van der Waals surface area contributed by atoms with Crippen LogP contribution in [0.15, 0.2) is 0 Å². The van der Waals surface area contributed by atoms with Crippen LogP contribution in [0.4, 0.5) is 0 Å². The van der Waals surface area contributed by atoms with E-state index in [0.717, 1.165) is 6.04 Å². The van der Waals surface area contributed by atoms with E-state index in [0.29, 0.717) is 0 Å². The Balaban J connectivity index is 2.53. The van der Waals surface area contributed by atoms with E-state index < -0.39 is 8.32 Å². The van der Waals surface area contributed by atoms with Crippen molar-refractivity contribution in [3.8, 4) is 0 Å². The first kappa shape index (κ1) is 9.77. The summed E-state index contributed by atoms with van der Waals surface area (Å²) in [6.45, 7) is 3.71. The Kier molecular flexibility index (Phi) is 3.32. The lowest BCUT2D eigenvalue weighted by atomic mass is 10.3. The highest BCUT2D eigenvalue weighted by Crippen LogP contribution is 2.32. The van der Waals surface area contributed by atoms with Crippen LogP contribution in [0.5, 0.6) is 0 Å². The molecule has 0 aromatic carbocycles. The lowest BCUT2D eigenvalue weighted by Gasteiger charge is -2.32. The van der Waals surface area contributed by atoms with Crippen molar-refractivity contribution in [1.29, 1.82) is 0 Å². The van der Waals surface area contributed by atoms with Crippen molar-refractivity contribution in [2.75, 3.05) is 0 Å². The van der Waals surface area contributed by atoms with E-state index in [2.05, 4.69) is 6.92 Å². The number of hydrogen-bond donors (Lipinski definition) is 0. The van der Waals surface area contributed by atoms with Gasteiger partial charge in [-0.2, -0.15) is 0 Å². The van der Waals surface area contributed by atoms with Crippen molar-refractivity contribution in [3.63, 3.8) is 0 Å². The van der Waals surface area contributed by atoms with Crippen LogP contribution in [0, 0.1) is 0 Å². The van der Waals surface area contributed by atoms with Crippen LogP contribution < -0.4 is 0 Å². The van der Waals surface area contributed by atoms with Crippen LogP contribution in [0.1, 0.15) is 33.1 Å². The third kappa shape index (κ3) is 2.34. The molecule has 3 heteroatoms. The molecule has 0 amide bonds. The van der Waals surface area contributed by atoms with Gasteiger partial charge in [-0.05, 0) is 18.1 Å². The first-order valence-corrected chi connectivity index (χ1v) is 7.41. The zero-order valence-corrected chi connectivity index (χ0v) is 9.06. The fourth-order valence-corrected chi connectivity index (χ4v) is 5.73. The highest BCUT2D eigenvalue weighted by molar-refractivity contribution is 6.75.